The van der Waals surface area contributed by atoms with E-state index in [-0.39, 0.29) is 5.82 Å². The predicted molar refractivity (Wildman–Crippen MR) is 107 cm³/mol. The fourth-order valence-corrected chi connectivity index (χ4v) is 3.21. The van der Waals surface area contributed by atoms with E-state index in [1.807, 2.05) is 36.5 Å². The van der Waals surface area contributed by atoms with Crippen LogP contribution in [0.4, 0.5) is 4.39 Å². The highest BCUT2D eigenvalue weighted by molar-refractivity contribution is 6.30. The molecule has 2 heterocycles. The third-order valence-corrected chi connectivity index (χ3v) is 4.74. The number of rotatable bonds is 4. The van der Waals surface area contributed by atoms with E-state index in [1.54, 1.807) is 18.3 Å². The van der Waals surface area contributed by atoms with Gasteiger partial charge in [-0.2, -0.15) is 0 Å². The Kier molecular flexibility index (Phi) is 4.73. The van der Waals surface area contributed by atoms with Crippen molar-refractivity contribution in [1.29, 1.82) is 0 Å². The molecule has 4 rings (SSSR count). The van der Waals surface area contributed by atoms with Crippen molar-refractivity contribution in [2.24, 2.45) is 0 Å². The van der Waals surface area contributed by atoms with E-state index in [9.17, 15) is 4.39 Å². The Labute approximate surface area is 161 Å². The van der Waals surface area contributed by atoms with Crippen LogP contribution in [-0.4, -0.2) is 15.0 Å². The van der Waals surface area contributed by atoms with Gasteiger partial charge in [0.05, 0.1) is 11.4 Å². The van der Waals surface area contributed by atoms with E-state index in [1.165, 1.54) is 12.1 Å². The third-order valence-electron chi connectivity index (χ3n) is 4.49. The minimum absolute atomic E-state index is 0.271. The molecule has 0 aliphatic carbocycles. The molecule has 0 fully saturated rings. The molecule has 0 aliphatic rings. The maximum Gasteiger partial charge on any atom is 0.138 e. The number of nitrogens with one attached hydrogen (secondary N) is 1. The number of hydrogen-bond donors (Lipinski definition) is 1. The molecule has 0 amide bonds. The van der Waals surface area contributed by atoms with Gasteiger partial charge < -0.3 is 4.98 Å². The average molecular weight is 378 g/mol. The second-order valence-corrected chi connectivity index (χ2v) is 6.65. The Morgan fingerprint density at radius 3 is 2.37 bits per heavy atom. The lowest BCUT2D eigenvalue weighted by molar-refractivity contribution is 0.628. The van der Waals surface area contributed by atoms with Crippen molar-refractivity contribution in [3.63, 3.8) is 0 Å². The van der Waals surface area contributed by atoms with Gasteiger partial charge in [-0.1, -0.05) is 18.5 Å². The summed E-state index contributed by atoms with van der Waals surface area (Å²) in [5.74, 6) is 0.465. The fraction of sp³-hybridized carbons (Fsp3) is 0.0909. The molecule has 0 saturated carbocycles. The predicted octanol–water partition coefficient (Wildman–Crippen LogP) is 6.16. The number of halogens is 2. The number of imidazole rings is 1. The average Bonchev–Trinajstić information content (AvgIpc) is 3.14. The normalized spacial score (nSPS) is 10.9. The minimum Gasteiger partial charge on any atom is -0.337 e. The number of pyridine rings is 1. The first kappa shape index (κ1) is 17.4. The van der Waals surface area contributed by atoms with Gasteiger partial charge in [-0.25, -0.2) is 9.37 Å². The van der Waals surface area contributed by atoms with E-state index in [2.05, 4.69) is 16.9 Å². The van der Waals surface area contributed by atoms with Gasteiger partial charge in [-0.15, -0.1) is 0 Å². The summed E-state index contributed by atoms with van der Waals surface area (Å²) in [4.78, 5) is 12.5. The van der Waals surface area contributed by atoms with Gasteiger partial charge in [-0.3, -0.25) is 4.98 Å². The highest BCUT2D eigenvalue weighted by atomic mass is 35.5. The van der Waals surface area contributed by atoms with Crippen LogP contribution in [0.15, 0.2) is 67.0 Å². The molecule has 0 aliphatic heterocycles. The summed E-state index contributed by atoms with van der Waals surface area (Å²) in [6.45, 7) is 2.09. The summed E-state index contributed by atoms with van der Waals surface area (Å²) >= 11 is 6.01. The van der Waals surface area contributed by atoms with Gasteiger partial charge in [0.15, 0.2) is 0 Å². The zero-order chi connectivity index (χ0) is 18.8. The molecule has 2 aromatic carbocycles. The van der Waals surface area contributed by atoms with E-state index in [4.69, 9.17) is 16.6 Å². The van der Waals surface area contributed by atoms with Crippen LogP contribution in [0, 0.1) is 5.82 Å². The molecule has 0 radical (unpaired) electrons. The van der Waals surface area contributed by atoms with E-state index in [0.29, 0.717) is 5.02 Å². The van der Waals surface area contributed by atoms with E-state index in [0.717, 1.165) is 45.9 Å². The molecular formula is C22H17ClFN3. The summed E-state index contributed by atoms with van der Waals surface area (Å²) in [6, 6.07) is 15.9. The van der Waals surface area contributed by atoms with Crippen LogP contribution in [0.1, 0.15) is 12.5 Å². The second kappa shape index (κ2) is 7.33. The molecule has 0 unspecified atom stereocenters. The van der Waals surface area contributed by atoms with E-state index >= 15 is 0 Å². The van der Waals surface area contributed by atoms with Crippen molar-refractivity contribution in [3.8, 4) is 33.9 Å². The molecule has 0 saturated heterocycles. The number of hydrogen-bond acceptors (Lipinski definition) is 2. The number of benzene rings is 2. The summed E-state index contributed by atoms with van der Waals surface area (Å²) < 4.78 is 13.4. The number of aryl methyl sites for hydroxylation is 1. The van der Waals surface area contributed by atoms with Gasteiger partial charge in [0.1, 0.15) is 11.6 Å². The van der Waals surface area contributed by atoms with E-state index < -0.39 is 0 Å². The number of aromatic amines is 1. The first-order valence-corrected chi connectivity index (χ1v) is 9.08. The molecule has 0 spiro atoms. The number of H-pyrrole nitrogens is 1. The van der Waals surface area contributed by atoms with Crippen molar-refractivity contribution < 1.29 is 4.39 Å². The minimum atomic E-state index is -0.271. The lowest BCUT2D eigenvalue weighted by Crippen LogP contribution is -1.91. The summed E-state index contributed by atoms with van der Waals surface area (Å²) in [7, 11) is 0. The van der Waals surface area contributed by atoms with Crippen molar-refractivity contribution >= 4 is 11.6 Å². The van der Waals surface area contributed by atoms with Crippen LogP contribution >= 0.6 is 11.6 Å². The van der Waals surface area contributed by atoms with Gasteiger partial charge >= 0.3 is 0 Å². The summed E-state index contributed by atoms with van der Waals surface area (Å²) in [5.41, 5.74) is 5.61. The van der Waals surface area contributed by atoms with Crippen molar-refractivity contribution in [2.45, 2.75) is 13.3 Å². The number of aromatic nitrogens is 3. The van der Waals surface area contributed by atoms with Gasteiger partial charge in [0, 0.05) is 34.1 Å². The summed E-state index contributed by atoms with van der Waals surface area (Å²) in [5, 5.41) is 0.673. The van der Waals surface area contributed by atoms with Crippen LogP contribution in [0.5, 0.6) is 0 Å². The fourth-order valence-electron chi connectivity index (χ4n) is 3.08. The lowest BCUT2D eigenvalue weighted by Gasteiger charge is -2.07. The summed E-state index contributed by atoms with van der Waals surface area (Å²) in [6.07, 6.45) is 4.49. The molecule has 5 heteroatoms. The molecule has 1 N–H and O–H groups in total. The van der Waals surface area contributed by atoms with Crippen LogP contribution in [0.25, 0.3) is 33.9 Å². The molecule has 0 atom stereocenters. The highest BCUT2D eigenvalue weighted by Gasteiger charge is 2.17. The Bertz CT molecular complexity index is 1070. The first-order valence-electron chi connectivity index (χ1n) is 8.71. The zero-order valence-corrected chi connectivity index (χ0v) is 15.5. The lowest BCUT2D eigenvalue weighted by atomic mass is 10.0. The largest absolute Gasteiger partial charge is 0.337 e. The highest BCUT2D eigenvalue weighted by Crippen LogP contribution is 2.34. The van der Waals surface area contributed by atoms with Gasteiger partial charge in [0.25, 0.3) is 0 Å². The van der Waals surface area contributed by atoms with Crippen LogP contribution in [-0.2, 0) is 6.42 Å². The maximum atomic E-state index is 13.4. The Morgan fingerprint density at radius 1 is 0.963 bits per heavy atom. The van der Waals surface area contributed by atoms with Gasteiger partial charge in [0.2, 0.25) is 0 Å². The molecule has 2 aromatic heterocycles. The number of nitrogens with zero attached hydrogens (tertiary/aromatic N) is 2. The van der Waals surface area contributed by atoms with Crippen molar-refractivity contribution in [1.82, 2.24) is 15.0 Å². The molecule has 134 valence electrons. The third kappa shape index (κ3) is 3.49. The second-order valence-electron chi connectivity index (χ2n) is 6.21. The Hall–Kier alpha value is -2.98. The zero-order valence-electron chi connectivity index (χ0n) is 14.7. The van der Waals surface area contributed by atoms with Crippen molar-refractivity contribution in [2.75, 3.05) is 0 Å². The molecule has 27 heavy (non-hydrogen) atoms. The molecule has 4 aromatic rings. The Morgan fingerprint density at radius 2 is 1.67 bits per heavy atom. The SMILES string of the molecule is CCc1cnccc1-c1[nH]c(-c2ccc(Cl)cc2)nc1-c1ccc(F)cc1. The maximum absolute atomic E-state index is 13.4. The molecule has 0 bridgehead atoms. The molecular weight excluding hydrogens is 361 g/mol. The van der Waals surface area contributed by atoms with Crippen LogP contribution in [0.2, 0.25) is 5.02 Å². The van der Waals surface area contributed by atoms with Gasteiger partial charge in [-0.05, 0) is 66.6 Å². The quantitative estimate of drug-likeness (QED) is 0.462. The monoisotopic (exact) mass is 377 g/mol. The molecule has 3 nitrogen and oxygen atoms in total. The van der Waals surface area contributed by atoms with Crippen LogP contribution < -0.4 is 0 Å². The first-order chi connectivity index (χ1) is 13.2. The van der Waals surface area contributed by atoms with Crippen molar-refractivity contribution in [3.05, 3.63) is 83.4 Å². The topological polar surface area (TPSA) is 41.6 Å². The Balaban J connectivity index is 1.92. The standard InChI is InChI=1S/C22H17ClFN3/c1-2-14-13-25-12-11-19(14)21-20(15-5-9-18(24)10-6-15)26-22(27-21)16-3-7-17(23)8-4-16/h3-13H,2H2,1H3,(H,26,27). The smallest absolute Gasteiger partial charge is 0.138 e. The van der Waals surface area contributed by atoms with Crippen LogP contribution in [0.3, 0.4) is 0 Å².